The number of nitrogens with two attached hydrogens (primary N) is 1. The number of amides is 1. The summed E-state index contributed by atoms with van der Waals surface area (Å²) in [5.74, 6) is 0.0868. The number of aromatic amines is 1. The Bertz CT molecular complexity index is 392. The fourth-order valence-corrected chi connectivity index (χ4v) is 2.60. The van der Waals surface area contributed by atoms with Crippen LogP contribution in [-0.2, 0) is 0 Å². The molecule has 0 spiro atoms. The molecule has 1 aromatic heterocycles. The van der Waals surface area contributed by atoms with Gasteiger partial charge in [0, 0.05) is 25.8 Å². The Morgan fingerprint density at radius 1 is 1.25 bits per heavy atom. The maximum absolute atomic E-state index is 12.3. The van der Waals surface area contributed by atoms with Gasteiger partial charge in [-0.3, -0.25) is 9.89 Å². The van der Waals surface area contributed by atoms with E-state index in [-0.39, 0.29) is 5.91 Å². The first kappa shape index (κ1) is 15.0. The van der Waals surface area contributed by atoms with Crippen LogP contribution in [0, 0.1) is 0 Å². The number of nitrogens with one attached hydrogen (secondary N) is 1. The van der Waals surface area contributed by atoms with Crippen molar-refractivity contribution >= 4 is 5.91 Å². The highest BCUT2D eigenvalue weighted by Crippen LogP contribution is 2.09. The fraction of sp³-hybridized carbons (Fsp3) is 0.714. The van der Waals surface area contributed by atoms with Crippen LogP contribution < -0.4 is 5.73 Å². The standard InChI is InChI=1S/C14H25N5O/c15-5-2-1-3-6-18-7-4-8-19(10-9-18)14(20)13-11-16-17-12-13/h11-12H,1-10,15H2,(H,16,17). The maximum atomic E-state index is 12.3. The third kappa shape index (κ3) is 4.31. The number of carbonyl (C=O) groups is 1. The molecular formula is C14H25N5O. The van der Waals surface area contributed by atoms with E-state index in [4.69, 9.17) is 5.73 Å². The van der Waals surface area contributed by atoms with Crippen molar-refractivity contribution < 1.29 is 4.79 Å². The number of hydrogen-bond donors (Lipinski definition) is 2. The minimum Gasteiger partial charge on any atom is -0.337 e. The van der Waals surface area contributed by atoms with Gasteiger partial charge in [-0.1, -0.05) is 6.42 Å². The van der Waals surface area contributed by atoms with E-state index in [0.717, 1.165) is 52.1 Å². The van der Waals surface area contributed by atoms with Gasteiger partial charge in [0.1, 0.15) is 0 Å². The average molecular weight is 279 g/mol. The van der Waals surface area contributed by atoms with Crippen LogP contribution >= 0.6 is 0 Å². The van der Waals surface area contributed by atoms with Crippen molar-refractivity contribution in [2.75, 3.05) is 39.3 Å². The van der Waals surface area contributed by atoms with Gasteiger partial charge >= 0.3 is 0 Å². The Labute approximate surface area is 120 Å². The lowest BCUT2D eigenvalue weighted by molar-refractivity contribution is 0.0761. The average Bonchev–Trinajstić information content (AvgIpc) is 2.89. The highest BCUT2D eigenvalue weighted by Gasteiger charge is 2.20. The van der Waals surface area contributed by atoms with E-state index in [0.29, 0.717) is 5.56 Å². The van der Waals surface area contributed by atoms with Gasteiger partial charge in [0.05, 0.1) is 11.8 Å². The molecule has 0 aliphatic carbocycles. The molecule has 0 unspecified atom stereocenters. The molecule has 2 rings (SSSR count). The SMILES string of the molecule is NCCCCCN1CCCN(C(=O)c2cn[nH]c2)CC1. The Morgan fingerprint density at radius 2 is 2.15 bits per heavy atom. The first-order valence-electron chi connectivity index (χ1n) is 7.51. The second-order valence-corrected chi connectivity index (χ2v) is 5.32. The molecule has 1 fully saturated rings. The number of carbonyl (C=O) groups excluding carboxylic acids is 1. The lowest BCUT2D eigenvalue weighted by Gasteiger charge is -2.21. The number of nitrogens with zero attached hydrogens (tertiary/aromatic N) is 3. The molecule has 6 nitrogen and oxygen atoms in total. The van der Waals surface area contributed by atoms with Crippen molar-refractivity contribution in [1.29, 1.82) is 0 Å². The van der Waals surface area contributed by atoms with Crippen LogP contribution in [0.3, 0.4) is 0 Å². The second kappa shape index (κ2) is 8.01. The van der Waals surface area contributed by atoms with Gasteiger partial charge in [0.25, 0.3) is 5.91 Å². The molecule has 2 heterocycles. The second-order valence-electron chi connectivity index (χ2n) is 5.32. The zero-order valence-corrected chi connectivity index (χ0v) is 12.1. The monoisotopic (exact) mass is 279 g/mol. The molecule has 20 heavy (non-hydrogen) atoms. The van der Waals surface area contributed by atoms with Crippen molar-refractivity contribution in [2.24, 2.45) is 5.73 Å². The molecule has 1 amide bonds. The van der Waals surface area contributed by atoms with Crippen LogP contribution in [0.2, 0.25) is 0 Å². The topological polar surface area (TPSA) is 78.2 Å². The normalized spacial score (nSPS) is 17.1. The van der Waals surface area contributed by atoms with E-state index < -0.39 is 0 Å². The molecule has 0 aromatic carbocycles. The molecule has 0 bridgehead atoms. The molecule has 0 saturated carbocycles. The highest BCUT2D eigenvalue weighted by molar-refractivity contribution is 5.93. The van der Waals surface area contributed by atoms with Gasteiger partial charge in [-0.05, 0) is 38.9 Å². The lowest BCUT2D eigenvalue weighted by Crippen LogP contribution is -2.35. The summed E-state index contributed by atoms with van der Waals surface area (Å²) in [6.07, 6.45) is 7.81. The van der Waals surface area contributed by atoms with Crippen molar-refractivity contribution in [3.8, 4) is 0 Å². The summed E-state index contributed by atoms with van der Waals surface area (Å²) in [5.41, 5.74) is 6.16. The van der Waals surface area contributed by atoms with Gasteiger partial charge in [-0.25, -0.2) is 0 Å². The van der Waals surface area contributed by atoms with Gasteiger partial charge < -0.3 is 15.5 Å². The predicted molar refractivity (Wildman–Crippen MR) is 78.5 cm³/mol. The molecule has 1 aromatic rings. The lowest BCUT2D eigenvalue weighted by atomic mass is 10.2. The summed E-state index contributed by atoms with van der Waals surface area (Å²) in [7, 11) is 0. The van der Waals surface area contributed by atoms with Crippen molar-refractivity contribution in [3.05, 3.63) is 18.0 Å². The van der Waals surface area contributed by atoms with Crippen molar-refractivity contribution in [3.63, 3.8) is 0 Å². The Balaban J connectivity index is 1.76. The van der Waals surface area contributed by atoms with E-state index in [1.165, 1.54) is 12.8 Å². The maximum Gasteiger partial charge on any atom is 0.257 e. The van der Waals surface area contributed by atoms with E-state index >= 15 is 0 Å². The van der Waals surface area contributed by atoms with Crippen LogP contribution in [-0.4, -0.2) is 65.2 Å². The third-order valence-corrected chi connectivity index (χ3v) is 3.80. The number of rotatable bonds is 6. The highest BCUT2D eigenvalue weighted by atomic mass is 16.2. The van der Waals surface area contributed by atoms with Crippen LogP contribution in [0.1, 0.15) is 36.0 Å². The Hall–Kier alpha value is -1.40. The Morgan fingerprint density at radius 3 is 2.90 bits per heavy atom. The molecule has 1 saturated heterocycles. The van der Waals surface area contributed by atoms with E-state index in [1.807, 2.05) is 4.90 Å². The summed E-state index contributed by atoms with van der Waals surface area (Å²) >= 11 is 0. The molecular weight excluding hydrogens is 254 g/mol. The van der Waals surface area contributed by atoms with Crippen molar-refractivity contribution in [1.82, 2.24) is 20.0 Å². The summed E-state index contributed by atoms with van der Waals surface area (Å²) in [6, 6.07) is 0. The first-order chi connectivity index (χ1) is 9.81. The number of unbranched alkanes of at least 4 members (excludes halogenated alkanes) is 2. The zero-order chi connectivity index (χ0) is 14.2. The van der Waals surface area contributed by atoms with Gasteiger partial charge in [0.15, 0.2) is 0 Å². The van der Waals surface area contributed by atoms with Crippen molar-refractivity contribution in [2.45, 2.75) is 25.7 Å². The molecule has 112 valence electrons. The quantitative estimate of drug-likeness (QED) is 0.751. The van der Waals surface area contributed by atoms with E-state index in [1.54, 1.807) is 12.4 Å². The summed E-state index contributed by atoms with van der Waals surface area (Å²) < 4.78 is 0. The van der Waals surface area contributed by atoms with Crippen LogP contribution in [0.5, 0.6) is 0 Å². The Kier molecular flexibility index (Phi) is 6.01. The molecule has 1 aliphatic rings. The predicted octanol–water partition coefficient (Wildman–Crippen LogP) is 0.687. The third-order valence-electron chi connectivity index (χ3n) is 3.80. The van der Waals surface area contributed by atoms with Gasteiger partial charge in [-0.2, -0.15) is 5.10 Å². The number of aromatic nitrogens is 2. The minimum absolute atomic E-state index is 0.0868. The largest absolute Gasteiger partial charge is 0.337 e. The summed E-state index contributed by atoms with van der Waals surface area (Å²) in [5, 5.41) is 6.54. The smallest absolute Gasteiger partial charge is 0.257 e. The van der Waals surface area contributed by atoms with Crippen LogP contribution in [0.4, 0.5) is 0 Å². The van der Waals surface area contributed by atoms with Crippen LogP contribution in [0.25, 0.3) is 0 Å². The molecule has 0 atom stereocenters. The molecule has 1 aliphatic heterocycles. The van der Waals surface area contributed by atoms with E-state index in [9.17, 15) is 4.79 Å². The molecule has 6 heteroatoms. The van der Waals surface area contributed by atoms with E-state index in [2.05, 4.69) is 15.1 Å². The molecule has 0 radical (unpaired) electrons. The van der Waals surface area contributed by atoms with Crippen LogP contribution in [0.15, 0.2) is 12.4 Å². The first-order valence-corrected chi connectivity index (χ1v) is 7.51. The minimum atomic E-state index is 0.0868. The number of hydrogen-bond acceptors (Lipinski definition) is 4. The summed E-state index contributed by atoms with van der Waals surface area (Å²) in [4.78, 5) is 16.6. The zero-order valence-electron chi connectivity index (χ0n) is 12.1. The summed E-state index contributed by atoms with van der Waals surface area (Å²) in [6.45, 7) is 5.59. The van der Waals surface area contributed by atoms with Gasteiger partial charge in [0.2, 0.25) is 0 Å². The van der Waals surface area contributed by atoms with Gasteiger partial charge in [-0.15, -0.1) is 0 Å². The fourth-order valence-electron chi connectivity index (χ4n) is 2.60. The molecule has 3 N–H and O–H groups in total. The number of H-pyrrole nitrogens is 1.